The molecule has 1 saturated heterocycles. The highest BCUT2D eigenvalue weighted by atomic mass is 32.2. The molecule has 1 aromatic rings. The monoisotopic (exact) mass is 390 g/mol. The third-order valence-corrected chi connectivity index (χ3v) is 6.07. The minimum Gasteiger partial charge on any atom is -0.507 e. The van der Waals surface area contributed by atoms with Crippen molar-refractivity contribution in [2.45, 2.75) is 57.6 Å². The number of nitrogens with zero attached hydrogens (tertiary/aromatic N) is 2. The first kappa shape index (κ1) is 21.8. The molecule has 1 fully saturated rings. The Kier molecular flexibility index (Phi) is 6.08. The summed E-state index contributed by atoms with van der Waals surface area (Å²) in [5.41, 5.74) is 2.29. The molecule has 1 N–H and O–H groups in total. The molecule has 2 rings (SSSR count). The van der Waals surface area contributed by atoms with Gasteiger partial charge in [-0.2, -0.15) is 0 Å². The smallest absolute Gasteiger partial charge is 0.245 e. The summed E-state index contributed by atoms with van der Waals surface area (Å²) >= 11 is 1.51. The maximum Gasteiger partial charge on any atom is 0.245 e. The van der Waals surface area contributed by atoms with Gasteiger partial charge in [0.2, 0.25) is 5.91 Å². The number of phenolic OH excluding ortho intramolecular Hbond substituents is 1. The molecule has 4 nitrogen and oxygen atoms in total. The maximum atomic E-state index is 13.1. The van der Waals surface area contributed by atoms with Crippen LogP contribution in [0.5, 0.6) is 5.75 Å². The van der Waals surface area contributed by atoms with Gasteiger partial charge in [-0.15, -0.1) is 0 Å². The number of phenols is 1. The number of hydrogen-bond acceptors (Lipinski definition) is 4. The summed E-state index contributed by atoms with van der Waals surface area (Å²) < 4.78 is 0. The number of thioether (sulfide) groups is 1. The van der Waals surface area contributed by atoms with Crippen LogP contribution in [-0.2, 0) is 15.6 Å². The topological polar surface area (TPSA) is 43.8 Å². The van der Waals surface area contributed by atoms with E-state index in [1.807, 2.05) is 26.2 Å². The van der Waals surface area contributed by atoms with Crippen LogP contribution >= 0.6 is 11.8 Å². The molecule has 0 spiro atoms. The number of rotatable bonds is 4. The van der Waals surface area contributed by atoms with Gasteiger partial charge in [0.1, 0.15) is 11.0 Å². The largest absolute Gasteiger partial charge is 0.507 e. The molecule has 1 unspecified atom stereocenters. The normalized spacial score (nSPS) is 18.7. The highest BCUT2D eigenvalue weighted by molar-refractivity contribution is 8.04. The summed E-state index contributed by atoms with van der Waals surface area (Å²) in [6.45, 7) is 18.1. The maximum absolute atomic E-state index is 13.1. The Morgan fingerprint density at radius 2 is 1.59 bits per heavy atom. The quantitative estimate of drug-likeness (QED) is 0.814. The van der Waals surface area contributed by atoms with E-state index in [-0.39, 0.29) is 22.0 Å². The lowest BCUT2D eigenvalue weighted by molar-refractivity contribution is -0.127. The third kappa shape index (κ3) is 4.69. The molecule has 150 valence electrons. The average Bonchev–Trinajstić information content (AvgIpc) is 2.77. The van der Waals surface area contributed by atoms with Crippen LogP contribution in [0, 0.1) is 0 Å². The van der Waals surface area contributed by atoms with Gasteiger partial charge in [0.25, 0.3) is 0 Å². The molecule has 0 radical (unpaired) electrons. The van der Waals surface area contributed by atoms with Crippen molar-refractivity contribution < 1.29 is 9.90 Å². The predicted octanol–water partition coefficient (Wildman–Crippen LogP) is 4.64. The number of amides is 1. The van der Waals surface area contributed by atoms with Gasteiger partial charge in [-0.05, 0) is 53.7 Å². The van der Waals surface area contributed by atoms with Gasteiger partial charge < -0.3 is 14.9 Å². The second kappa shape index (κ2) is 7.51. The Morgan fingerprint density at radius 1 is 1.11 bits per heavy atom. The van der Waals surface area contributed by atoms with Crippen LogP contribution in [0.3, 0.4) is 0 Å². The van der Waals surface area contributed by atoms with Crippen molar-refractivity contribution in [2.24, 2.45) is 0 Å². The molecule has 1 aliphatic rings. The van der Waals surface area contributed by atoms with E-state index in [9.17, 15) is 9.90 Å². The Bertz CT molecular complexity index is 707. The Hall–Kier alpha value is -1.46. The number of carbonyl (C=O) groups is 1. The molecule has 0 aliphatic carbocycles. The minimum absolute atomic E-state index is 0.0808. The molecule has 5 heteroatoms. The van der Waals surface area contributed by atoms with Crippen LogP contribution in [-0.4, -0.2) is 48.0 Å². The van der Waals surface area contributed by atoms with E-state index >= 15 is 0 Å². The standard InChI is InChI=1S/C22H34N2O2S/c1-14-24(11-10-23(8)9)20(26)19(27-14)15-12-16(21(2,3)4)18(25)17(13-15)22(5,6)7/h12-13,19,25H,1,10-11H2,2-9H3. The zero-order valence-electron chi connectivity index (χ0n) is 18.0. The second-order valence-electron chi connectivity index (χ2n) is 9.65. The van der Waals surface area contributed by atoms with Crippen molar-refractivity contribution in [1.29, 1.82) is 0 Å². The predicted molar refractivity (Wildman–Crippen MR) is 115 cm³/mol. The lowest BCUT2D eigenvalue weighted by atomic mass is 9.78. The lowest BCUT2D eigenvalue weighted by Gasteiger charge is -2.29. The van der Waals surface area contributed by atoms with Crippen molar-refractivity contribution in [3.63, 3.8) is 0 Å². The van der Waals surface area contributed by atoms with Gasteiger partial charge in [-0.1, -0.05) is 59.9 Å². The molecular formula is C22H34N2O2S. The van der Waals surface area contributed by atoms with Crippen LogP contribution in [0.25, 0.3) is 0 Å². The molecular weight excluding hydrogens is 356 g/mol. The van der Waals surface area contributed by atoms with Crippen molar-refractivity contribution in [3.8, 4) is 5.75 Å². The SMILES string of the molecule is C=C1SC(c2cc(C(C)(C)C)c(O)c(C(C)(C)C)c2)C(=O)N1CCN(C)C. The third-order valence-electron chi connectivity index (χ3n) is 4.87. The molecule has 1 aromatic carbocycles. The average molecular weight is 391 g/mol. The zero-order valence-corrected chi connectivity index (χ0v) is 18.8. The molecule has 1 amide bonds. The molecule has 27 heavy (non-hydrogen) atoms. The van der Waals surface area contributed by atoms with E-state index in [4.69, 9.17) is 0 Å². The van der Waals surface area contributed by atoms with Crippen LogP contribution in [0.2, 0.25) is 0 Å². The van der Waals surface area contributed by atoms with E-state index < -0.39 is 0 Å². The molecule has 1 heterocycles. The number of benzene rings is 1. The van der Waals surface area contributed by atoms with E-state index in [0.29, 0.717) is 12.3 Å². The molecule has 0 bridgehead atoms. The molecule has 0 aromatic heterocycles. The fraction of sp³-hybridized carbons (Fsp3) is 0.591. The summed E-state index contributed by atoms with van der Waals surface area (Å²) in [7, 11) is 4.00. The summed E-state index contributed by atoms with van der Waals surface area (Å²) in [6.07, 6.45) is 0. The van der Waals surface area contributed by atoms with Crippen molar-refractivity contribution in [3.05, 3.63) is 40.4 Å². The molecule has 1 aliphatic heterocycles. The summed E-state index contributed by atoms with van der Waals surface area (Å²) in [5.74, 6) is 0.426. The number of carbonyl (C=O) groups excluding carboxylic acids is 1. The minimum atomic E-state index is -0.303. The summed E-state index contributed by atoms with van der Waals surface area (Å²) in [6, 6.07) is 4.01. The van der Waals surface area contributed by atoms with Gasteiger partial charge in [0.05, 0.1) is 5.03 Å². The summed E-state index contributed by atoms with van der Waals surface area (Å²) in [4.78, 5) is 17.0. The van der Waals surface area contributed by atoms with Gasteiger partial charge in [0, 0.05) is 13.1 Å². The second-order valence-corrected chi connectivity index (χ2v) is 10.8. The molecule has 0 saturated carbocycles. The van der Waals surface area contributed by atoms with E-state index in [1.54, 1.807) is 4.90 Å². The first-order valence-corrected chi connectivity index (χ1v) is 10.3. The summed E-state index contributed by atoms with van der Waals surface area (Å²) in [5, 5.41) is 11.4. The number of hydrogen-bond donors (Lipinski definition) is 1. The lowest BCUT2D eigenvalue weighted by Crippen LogP contribution is -2.32. The molecule has 1 atom stereocenters. The Balaban J connectivity index is 2.49. The van der Waals surface area contributed by atoms with E-state index in [2.05, 4.69) is 53.0 Å². The number of aromatic hydroxyl groups is 1. The first-order valence-electron chi connectivity index (χ1n) is 9.43. The fourth-order valence-corrected chi connectivity index (χ4v) is 4.29. The van der Waals surface area contributed by atoms with Gasteiger partial charge >= 0.3 is 0 Å². The van der Waals surface area contributed by atoms with Gasteiger partial charge in [-0.3, -0.25) is 4.79 Å². The van der Waals surface area contributed by atoms with Crippen molar-refractivity contribution in [1.82, 2.24) is 9.80 Å². The van der Waals surface area contributed by atoms with Crippen LogP contribution in [0.4, 0.5) is 0 Å². The first-order chi connectivity index (χ1) is 12.2. The highest BCUT2D eigenvalue weighted by Crippen LogP contribution is 2.48. The Labute approximate surface area is 168 Å². The van der Waals surface area contributed by atoms with Gasteiger partial charge in [0.15, 0.2) is 0 Å². The number of likely N-dealkylation sites (N-methyl/N-ethyl adjacent to an activating group) is 1. The van der Waals surface area contributed by atoms with Crippen LogP contribution in [0.1, 0.15) is 63.5 Å². The van der Waals surface area contributed by atoms with Crippen LogP contribution < -0.4 is 0 Å². The van der Waals surface area contributed by atoms with Gasteiger partial charge in [-0.25, -0.2) is 0 Å². The van der Waals surface area contributed by atoms with Crippen molar-refractivity contribution in [2.75, 3.05) is 27.2 Å². The Morgan fingerprint density at radius 3 is 2.00 bits per heavy atom. The van der Waals surface area contributed by atoms with E-state index in [0.717, 1.165) is 28.3 Å². The van der Waals surface area contributed by atoms with Crippen molar-refractivity contribution >= 4 is 17.7 Å². The highest BCUT2D eigenvalue weighted by Gasteiger charge is 2.38. The zero-order chi connectivity index (χ0) is 20.7. The van der Waals surface area contributed by atoms with Crippen LogP contribution in [0.15, 0.2) is 23.7 Å². The fourth-order valence-electron chi connectivity index (χ4n) is 3.21. The van der Waals surface area contributed by atoms with E-state index in [1.165, 1.54) is 11.8 Å².